The Morgan fingerprint density at radius 1 is 1.00 bits per heavy atom. The Hall–Kier alpha value is -2.61. The average molecular weight is 264 g/mol. The summed E-state index contributed by atoms with van der Waals surface area (Å²) in [4.78, 5) is 12.0. The molecule has 0 aromatic heterocycles. The number of ether oxygens (including phenoxy) is 1. The molecule has 0 fully saturated rings. The van der Waals surface area contributed by atoms with Crippen molar-refractivity contribution in [3.05, 3.63) is 83.9 Å². The normalized spacial score (nSPS) is 10.9. The molecule has 2 aromatic carbocycles. The van der Waals surface area contributed by atoms with Gasteiger partial charge >= 0.3 is 5.97 Å². The van der Waals surface area contributed by atoms with Crippen molar-refractivity contribution in [2.45, 2.75) is 0 Å². The van der Waals surface area contributed by atoms with Crippen LogP contribution in [-0.4, -0.2) is 13.1 Å². The van der Waals surface area contributed by atoms with Gasteiger partial charge in [0.25, 0.3) is 0 Å². The minimum Gasteiger partial charge on any atom is -0.465 e. The van der Waals surface area contributed by atoms with Crippen molar-refractivity contribution < 1.29 is 9.53 Å². The second-order valence-electron chi connectivity index (χ2n) is 4.30. The zero-order valence-electron chi connectivity index (χ0n) is 11.4. The average Bonchev–Trinajstić information content (AvgIpc) is 2.53. The number of esters is 1. The Labute approximate surface area is 119 Å². The molecule has 2 rings (SSSR count). The molecular weight excluding hydrogens is 248 g/mol. The fraction of sp³-hybridized carbons (Fsp3) is 0.0556. The Balaban J connectivity index is 2.41. The van der Waals surface area contributed by atoms with Gasteiger partial charge in [0.1, 0.15) is 0 Å². The lowest BCUT2D eigenvalue weighted by Crippen LogP contribution is -2.06. The lowest BCUT2D eigenvalue weighted by Gasteiger charge is -2.09. The van der Waals surface area contributed by atoms with Crippen LogP contribution in [0.2, 0.25) is 0 Å². The molecule has 0 atom stereocenters. The maximum atomic E-state index is 12.0. The molecule has 0 bridgehead atoms. The van der Waals surface area contributed by atoms with Crippen LogP contribution in [0.4, 0.5) is 0 Å². The molecule has 0 spiro atoms. The summed E-state index contributed by atoms with van der Waals surface area (Å²) in [5.74, 6) is -0.386. The van der Waals surface area contributed by atoms with Crippen molar-refractivity contribution in [1.29, 1.82) is 0 Å². The first-order chi connectivity index (χ1) is 9.72. The van der Waals surface area contributed by atoms with E-state index in [0.29, 0.717) is 11.1 Å². The zero-order valence-corrected chi connectivity index (χ0v) is 11.4. The molecule has 0 aliphatic carbocycles. The summed E-state index contributed by atoms with van der Waals surface area (Å²) in [6.45, 7) is 4.02. The largest absolute Gasteiger partial charge is 0.465 e. The molecular formula is C18H16O2. The predicted molar refractivity (Wildman–Crippen MR) is 81.9 cm³/mol. The van der Waals surface area contributed by atoms with Gasteiger partial charge in [-0.25, -0.2) is 4.79 Å². The molecule has 0 aliphatic heterocycles. The first-order valence-corrected chi connectivity index (χ1v) is 6.32. The fourth-order valence-corrected chi connectivity index (χ4v) is 1.89. The fourth-order valence-electron chi connectivity index (χ4n) is 1.89. The van der Waals surface area contributed by atoms with Crippen LogP contribution in [-0.2, 0) is 9.53 Å². The van der Waals surface area contributed by atoms with E-state index in [1.807, 2.05) is 60.7 Å². The van der Waals surface area contributed by atoms with Crippen molar-refractivity contribution >= 4 is 17.6 Å². The third-order valence-corrected chi connectivity index (χ3v) is 2.96. The Bertz CT molecular complexity index is 625. The van der Waals surface area contributed by atoms with E-state index in [0.717, 1.165) is 11.1 Å². The molecule has 0 aliphatic rings. The van der Waals surface area contributed by atoms with Crippen molar-refractivity contribution in [3.8, 4) is 0 Å². The highest BCUT2D eigenvalue weighted by Gasteiger charge is 2.14. The summed E-state index contributed by atoms with van der Waals surface area (Å²) in [7, 11) is 1.37. The lowest BCUT2D eigenvalue weighted by atomic mass is 9.97. The van der Waals surface area contributed by atoms with E-state index in [9.17, 15) is 4.79 Å². The van der Waals surface area contributed by atoms with Gasteiger partial charge in [-0.05, 0) is 22.8 Å². The molecule has 2 aromatic rings. The van der Waals surface area contributed by atoms with Crippen LogP contribution in [0, 0.1) is 0 Å². The molecule has 0 saturated heterocycles. The van der Waals surface area contributed by atoms with Crippen molar-refractivity contribution in [3.63, 3.8) is 0 Å². The Morgan fingerprint density at radius 3 is 2.10 bits per heavy atom. The summed E-state index contributed by atoms with van der Waals surface area (Å²) in [5.41, 5.74) is 2.95. The summed E-state index contributed by atoms with van der Waals surface area (Å²) < 4.78 is 4.86. The lowest BCUT2D eigenvalue weighted by molar-refractivity contribution is -0.135. The maximum absolute atomic E-state index is 12.0. The minimum atomic E-state index is -0.386. The van der Waals surface area contributed by atoms with Gasteiger partial charge in [-0.1, -0.05) is 67.2 Å². The number of methoxy groups -OCH3 is 1. The van der Waals surface area contributed by atoms with Gasteiger partial charge in [0.2, 0.25) is 0 Å². The van der Waals surface area contributed by atoms with Crippen molar-refractivity contribution in [2.75, 3.05) is 7.11 Å². The van der Waals surface area contributed by atoms with Gasteiger partial charge in [-0.15, -0.1) is 0 Å². The van der Waals surface area contributed by atoms with E-state index in [2.05, 4.69) is 6.58 Å². The standard InChI is InChI=1S/C18H16O2/c1-14(16-11-7-4-8-12-16)17(18(19)20-2)13-15-9-5-3-6-10-15/h3-13H,1H2,2H3/b17-13-. The number of hydrogen-bond donors (Lipinski definition) is 0. The second kappa shape index (κ2) is 6.53. The summed E-state index contributed by atoms with van der Waals surface area (Å²) >= 11 is 0. The van der Waals surface area contributed by atoms with E-state index in [1.165, 1.54) is 7.11 Å². The van der Waals surface area contributed by atoms with E-state index < -0.39 is 0 Å². The number of hydrogen-bond acceptors (Lipinski definition) is 2. The van der Waals surface area contributed by atoms with Crippen molar-refractivity contribution in [1.82, 2.24) is 0 Å². The number of benzene rings is 2. The number of rotatable bonds is 4. The second-order valence-corrected chi connectivity index (χ2v) is 4.30. The Kier molecular flexibility index (Phi) is 4.51. The van der Waals surface area contributed by atoms with Crippen molar-refractivity contribution in [2.24, 2.45) is 0 Å². The highest BCUT2D eigenvalue weighted by atomic mass is 16.5. The van der Waals surface area contributed by atoms with Crippen LogP contribution in [0.5, 0.6) is 0 Å². The number of carbonyl (C=O) groups is 1. The van der Waals surface area contributed by atoms with E-state index >= 15 is 0 Å². The SMILES string of the molecule is C=C(/C(=C/c1ccccc1)C(=O)OC)c1ccccc1. The van der Waals surface area contributed by atoms with Crippen LogP contribution < -0.4 is 0 Å². The van der Waals surface area contributed by atoms with Gasteiger partial charge < -0.3 is 4.74 Å². The monoisotopic (exact) mass is 264 g/mol. The zero-order chi connectivity index (χ0) is 14.4. The molecule has 0 N–H and O–H groups in total. The predicted octanol–water partition coefficient (Wildman–Crippen LogP) is 3.96. The van der Waals surface area contributed by atoms with Gasteiger partial charge in [-0.2, -0.15) is 0 Å². The topological polar surface area (TPSA) is 26.3 Å². The first-order valence-electron chi connectivity index (χ1n) is 6.32. The van der Waals surface area contributed by atoms with Crippen LogP contribution in [0.15, 0.2) is 72.8 Å². The quantitative estimate of drug-likeness (QED) is 0.474. The molecule has 0 unspecified atom stereocenters. The smallest absolute Gasteiger partial charge is 0.338 e. The molecule has 2 nitrogen and oxygen atoms in total. The maximum Gasteiger partial charge on any atom is 0.338 e. The molecule has 0 amide bonds. The summed E-state index contributed by atoms with van der Waals surface area (Å²) in [5, 5.41) is 0. The summed E-state index contributed by atoms with van der Waals surface area (Å²) in [6.07, 6.45) is 1.79. The highest BCUT2D eigenvalue weighted by molar-refractivity contribution is 6.09. The third kappa shape index (κ3) is 3.23. The number of carbonyl (C=O) groups excluding carboxylic acids is 1. The van der Waals surface area contributed by atoms with Gasteiger partial charge in [-0.3, -0.25) is 0 Å². The van der Waals surface area contributed by atoms with Gasteiger partial charge in [0, 0.05) is 0 Å². The molecule has 0 heterocycles. The minimum absolute atomic E-state index is 0.386. The Morgan fingerprint density at radius 2 is 1.55 bits per heavy atom. The van der Waals surface area contributed by atoms with Gasteiger partial charge in [0.15, 0.2) is 0 Å². The summed E-state index contributed by atoms with van der Waals surface area (Å²) in [6, 6.07) is 19.2. The van der Waals surface area contributed by atoms with Crippen LogP contribution in [0.25, 0.3) is 11.6 Å². The van der Waals surface area contributed by atoms with E-state index in [-0.39, 0.29) is 5.97 Å². The molecule has 0 radical (unpaired) electrons. The van der Waals surface area contributed by atoms with E-state index in [1.54, 1.807) is 6.08 Å². The molecule has 0 saturated carbocycles. The van der Waals surface area contributed by atoms with Crippen LogP contribution >= 0.6 is 0 Å². The van der Waals surface area contributed by atoms with Gasteiger partial charge in [0.05, 0.1) is 12.7 Å². The van der Waals surface area contributed by atoms with E-state index in [4.69, 9.17) is 4.74 Å². The molecule has 20 heavy (non-hydrogen) atoms. The molecule has 100 valence electrons. The highest BCUT2D eigenvalue weighted by Crippen LogP contribution is 2.24. The van der Waals surface area contributed by atoms with Crippen LogP contribution in [0.3, 0.4) is 0 Å². The first kappa shape index (κ1) is 13.8. The molecule has 2 heteroatoms. The third-order valence-electron chi connectivity index (χ3n) is 2.96. The van der Waals surface area contributed by atoms with Crippen LogP contribution in [0.1, 0.15) is 11.1 Å².